The molecule has 0 aromatic heterocycles. The largest absolute Gasteiger partial charge is 0.460 e. The molecule has 1 heterocycles. The van der Waals surface area contributed by atoms with Gasteiger partial charge in [-0.15, -0.1) is 0 Å². The van der Waals surface area contributed by atoms with Gasteiger partial charge < -0.3 is 19.1 Å². The summed E-state index contributed by atoms with van der Waals surface area (Å²) in [6, 6.07) is 0. The van der Waals surface area contributed by atoms with E-state index >= 15 is 0 Å². The molecule has 0 bridgehead atoms. The Morgan fingerprint density at radius 3 is 2.00 bits per heavy atom. The van der Waals surface area contributed by atoms with E-state index in [-0.39, 0.29) is 26.3 Å². The van der Waals surface area contributed by atoms with Crippen molar-refractivity contribution >= 4 is 5.97 Å². The van der Waals surface area contributed by atoms with E-state index in [1.807, 2.05) is 0 Å². The lowest BCUT2D eigenvalue weighted by Crippen LogP contribution is -2.32. The zero-order valence-corrected chi connectivity index (χ0v) is 15.1. The number of rotatable bonds is 8. The summed E-state index contributed by atoms with van der Waals surface area (Å²) in [6.45, 7) is 0.349. The predicted octanol–water partition coefficient (Wildman–Crippen LogP) is 3.59. The summed E-state index contributed by atoms with van der Waals surface area (Å²) in [5.41, 5.74) is -1.88. The Morgan fingerprint density at radius 1 is 0.923 bits per heavy atom. The Labute approximate surface area is 151 Å². The highest BCUT2D eigenvalue weighted by atomic mass is 19.4. The fraction of sp³-hybridized carbons (Fsp3) is 0.824. The maximum Gasteiger partial charge on any atom is 0.427 e. The third-order valence-corrected chi connectivity index (χ3v) is 3.97. The van der Waals surface area contributed by atoms with Crippen LogP contribution in [0.3, 0.4) is 0 Å². The Kier molecular flexibility index (Phi) is 10.6. The zero-order valence-electron chi connectivity index (χ0n) is 15.1. The molecule has 0 atom stereocenters. The lowest BCUT2D eigenvalue weighted by Gasteiger charge is -2.24. The van der Waals surface area contributed by atoms with Crippen molar-refractivity contribution in [2.24, 2.45) is 0 Å². The average molecular weight is 385 g/mol. The van der Waals surface area contributed by atoms with E-state index in [2.05, 4.69) is 4.74 Å². The molecule has 1 saturated heterocycles. The van der Waals surface area contributed by atoms with Gasteiger partial charge in [0, 0.05) is 20.2 Å². The van der Waals surface area contributed by atoms with Crippen molar-refractivity contribution < 1.29 is 36.6 Å². The number of carbonyl (C=O) groups excluding carboxylic acids is 1. The molecule has 0 spiro atoms. The third-order valence-electron chi connectivity index (χ3n) is 3.97. The molecule has 5 nitrogen and oxygen atoms in total. The zero-order chi connectivity index (χ0) is 19.4. The number of ether oxygens (including phenoxy) is 3. The van der Waals surface area contributed by atoms with E-state index in [9.17, 15) is 22.4 Å². The molecule has 0 saturated carbocycles. The normalized spacial score (nSPS) is 17.8. The van der Waals surface area contributed by atoms with Crippen molar-refractivity contribution in [3.8, 4) is 0 Å². The molecule has 0 amide bonds. The molecule has 1 aliphatic rings. The number of esters is 1. The van der Waals surface area contributed by atoms with Gasteiger partial charge in [-0.3, -0.25) is 0 Å². The fourth-order valence-corrected chi connectivity index (χ4v) is 2.61. The van der Waals surface area contributed by atoms with E-state index in [0.29, 0.717) is 19.4 Å². The summed E-state index contributed by atoms with van der Waals surface area (Å²) in [4.78, 5) is 12.8. The van der Waals surface area contributed by atoms with Gasteiger partial charge in [0.2, 0.25) is 5.95 Å². The first-order valence-corrected chi connectivity index (χ1v) is 8.83. The van der Waals surface area contributed by atoms with E-state index in [1.165, 1.54) is 7.11 Å². The second-order valence-electron chi connectivity index (χ2n) is 6.01. The highest BCUT2D eigenvalue weighted by Crippen LogP contribution is 2.32. The summed E-state index contributed by atoms with van der Waals surface area (Å²) in [6.07, 6.45) is -0.339. The molecule has 0 unspecified atom stereocenters. The lowest BCUT2D eigenvalue weighted by molar-refractivity contribution is -0.153. The molecule has 26 heavy (non-hydrogen) atoms. The maximum atomic E-state index is 14.6. The van der Waals surface area contributed by atoms with Crippen molar-refractivity contribution in [1.29, 1.82) is 0 Å². The minimum Gasteiger partial charge on any atom is -0.460 e. The van der Waals surface area contributed by atoms with Crippen LogP contribution in [0.25, 0.3) is 0 Å². The summed E-state index contributed by atoms with van der Waals surface area (Å²) < 4.78 is 68.6. The van der Waals surface area contributed by atoms with Crippen molar-refractivity contribution in [2.45, 2.75) is 44.7 Å². The van der Waals surface area contributed by atoms with Crippen LogP contribution in [0.5, 0.6) is 0 Å². The maximum absolute atomic E-state index is 14.6. The SMILES string of the molecule is COCCOCCOC(=O)C(=C(F)N1CCCCCCCC1)C(F)(F)F. The van der Waals surface area contributed by atoms with Gasteiger partial charge in [-0.25, -0.2) is 4.79 Å². The van der Waals surface area contributed by atoms with E-state index in [0.717, 1.165) is 30.6 Å². The molecular formula is C17H27F4NO4. The molecule has 0 radical (unpaired) electrons. The average Bonchev–Trinajstić information content (AvgIpc) is 2.70. The molecule has 1 rings (SSSR count). The van der Waals surface area contributed by atoms with Crippen LogP contribution >= 0.6 is 0 Å². The lowest BCUT2D eigenvalue weighted by atomic mass is 10.1. The Morgan fingerprint density at radius 2 is 1.46 bits per heavy atom. The van der Waals surface area contributed by atoms with Crippen LogP contribution in [0, 0.1) is 0 Å². The number of hydrogen-bond acceptors (Lipinski definition) is 5. The van der Waals surface area contributed by atoms with Crippen LogP contribution in [0.2, 0.25) is 0 Å². The molecule has 0 aromatic carbocycles. The summed E-state index contributed by atoms with van der Waals surface area (Å²) >= 11 is 0. The summed E-state index contributed by atoms with van der Waals surface area (Å²) in [7, 11) is 1.47. The molecule has 0 aromatic rings. The molecule has 1 fully saturated rings. The number of halogens is 4. The van der Waals surface area contributed by atoms with Crippen LogP contribution in [-0.4, -0.2) is 63.7 Å². The van der Waals surface area contributed by atoms with Crippen LogP contribution < -0.4 is 0 Å². The number of methoxy groups -OCH3 is 1. The first kappa shape index (κ1) is 22.7. The molecular weight excluding hydrogens is 358 g/mol. The standard InChI is InChI=1S/C17H27F4NO4/c1-24-10-11-25-12-13-26-16(23)14(17(19,20)21)15(18)22-8-6-4-2-3-5-7-9-22/h2-13H2,1H3. The van der Waals surface area contributed by atoms with Crippen LogP contribution in [-0.2, 0) is 19.0 Å². The van der Waals surface area contributed by atoms with E-state index < -0.39 is 30.3 Å². The third kappa shape index (κ3) is 8.35. The van der Waals surface area contributed by atoms with Crippen molar-refractivity contribution in [2.75, 3.05) is 46.6 Å². The molecule has 0 aliphatic carbocycles. The van der Waals surface area contributed by atoms with Gasteiger partial charge >= 0.3 is 12.1 Å². The van der Waals surface area contributed by atoms with Gasteiger partial charge in [0.1, 0.15) is 6.61 Å². The monoisotopic (exact) mass is 385 g/mol. The molecule has 9 heteroatoms. The number of hydrogen-bond donors (Lipinski definition) is 0. The van der Waals surface area contributed by atoms with Crippen molar-refractivity contribution in [1.82, 2.24) is 4.90 Å². The van der Waals surface area contributed by atoms with Gasteiger partial charge in [-0.2, -0.15) is 17.6 Å². The number of carbonyl (C=O) groups is 1. The molecule has 1 aliphatic heterocycles. The first-order valence-electron chi connectivity index (χ1n) is 8.83. The first-order chi connectivity index (χ1) is 12.4. The Bertz CT molecular complexity index is 445. The predicted molar refractivity (Wildman–Crippen MR) is 87.1 cm³/mol. The second kappa shape index (κ2) is 12.1. The second-order valence-corrected chi connectivity index (χ2v) is 6.01. The van der Waals surface area contributed by atoms with E-state index in [4.69, 9.17) is 9.47 Å². The summed E-state index contributed by atoms with van der Waals surface area (Å²) in [5, 5.41) is 0. The van der Waals surface area contributed by atoms with Gasteiger partial charge in [0.05, 0.1) is 19.8 Å². The fourth-order valence-electron chi connectivity index (χ4n) is 2.61. The molecule has 0 N–H and O–H groups in total. The summed E-state index contributed by atoms with van der Waals surface area (Å²) in [5.74, 6) is -3.27. The minimum absolute atomic E-state index is 0.0917. The van der Waals surface area contributed by atoms with Gasteiger partial charge in [-0.05, 0) is 12.8 Å². The number of alkyl halides is 3. The molecule has 152 valence electrons. The van der Waals surface area contributed by atoms with Gasteiger partial charge in [0.25, 0.3) is 0 Å². The topological polar surface area (TPSA) is 48.0 Å². The van der Waals surface area contributed by atoms with Gasteiger partial charge in [-0.1, -0.05) is 25.7 Å². The van der Waals surface area contributed by atoms with Crippen molar-refractivity contribution in [3.05, 3.63) is 11.5 Å². The van der Waals surface area contributed by atoms with Gasteiger partial charge in [0.15, 0.2) is 5.57 Å². The van der Waals surface area contributed by atoms with Crippen LogP contribution in [0.15, 0.2) is 11.5 Å². The van der Waals surface area contributed by atoms with E-state index in [1.54, 1.807) is 0 Å². The smallest absolute Gasteiger partial charge is 0.427 e. The quantitative estimate of drug-likeness (QED) is 0.210. The van der Waals surface area contributed by atoms with Crippen LogP contribution in [0.1, 0.15) is 38.5 Å². The van der Waals surface area contributed by atoms with Crippen LogP contribution in [0.4, 0.5) is 17.6 Å². The minimum atomic E-state index is -5.13. The Hall–Kier alpha value is -1.35. The highest BCUT2D eigenvalue weighted by molar-refractivity contribution is 5.90. The number of nitrogens with zero attached hydrogens (tertiary/aromatic N) is 1. The Balaban J connectivity index is 2.75. The highest BCUT2D eigenvalue weighted by Gasteiger charge is 2.44. The van der Waals surface area contributed by atoms with Crippen molar-refractivity contribution in [3.63, 3.8) is 0 Å².